The zero-order valence-corrected chi connectivity index (χ0v) is 8.81. The van der Waals surface area contributed by atoms with Crippen molar-refractivity contribution >= 4 is 21.4 Å². The third kappa shape index (κ3) is 2.16. The fourth-order valence-electron chi connectivity index (χ4n) is 1.60. The van der Waals surface area contributed by atoms with E-state index in [9.17, 15) is 8.78 Å². The van der Waals surface area contributed by atoms with Gasteiger partial charge in [0, 0.05) is 17.2 Å². The highest BCUT2D eigenvalue weighted by atomic mass is 32.1. The van der Waals surface area contributed by atoms with Crippen LogP contribution < -0.4 is 5.73 Å². The largest absolute Gasteiger partial charge is 0.324 e. The van der Waals surface area contributed by atoms with Gasteiger partial charge in [-0.1, -0.05) is 18.2 Å². The molecule has 1 heterocycles. The Kier molecular flexibility index (Phi) is 2.98. The van der Waals surface area contributed by atoms with Gasteiger partial charge in [-0.05, 0) is 22.4 Å². The molecule has 15 heavy (non-hydrogen) atoms. The molecule has 2 N–H and O–H groups in total. The number of fused-ring (bicyclic) bond motifs is 1. The molecule has 2 aromatic rings. The smallest absolute Gasteiger partial charge is 0.240 e. The average molecular weight is 227 g/mol. The van der Waals surface area contributed by atoms with E-state index in [2.05, 4.69) is 0 Å². The molecule has 0 saturated heterocycles. The summed E-state index contributed by atoms with van der Waals surface area (Å²) < 4.78 is 25.5. The van der Waals surface area contributed by atoms with E-state index in [-0.39, 0.29) is 6.42 Å². The van der Waals surface area contributed by atoms with E-state index in [0.717, 1.165) is 15.6 Å². The van der Waals surface area contributed by atoms with Crippen LogP contribution in [-0.4, -0.2) is 6.43 Å². The predicted molar refractivity (Wildman–Crippen MR) is 59.4 cm³/mol. The lowest BCUT2D eigenvalue weighted by Crippen LogP contribution is -2.13. The number of nitrogens with two attached hydrogens (primary N) is 1. The molecule has 1 aromatic heterocycles. The predicted octanol–water partition coefficient (Wildman–Crippen LogP) is 3.56. The van der Waals surface area contributed by atoms with Crippen molar-refractivity contribution in [2.45, 2.75) is 18.9 Å². The summed E-state index contributed by atoms with van der Waals surface area (Å²) in [5.74, 6) is 0. The molecule has 1 nitrogen and oxygen atoms in total. The Balaban J connectivity index is 2.35. The molecule has 0 amide bonds. The van der Waals surface area contributed by atoms with Crippen molar-refractivity contribution in [2.24, 2.45) is 5.73 Å². The number of benzene rings is 1. The molecule has 80 valence electrons. The molecule has 0 spiro atoms. The minimum Gasteiger partial charge on any atom is -0.324 e. The monoisotopic (exact) mass is 227 g/mol. The van der Waals surface area contributed by atoms with Gasteiger partial charge in [-0.3, -0.25) is 0 Å². The Morgan fingerprint density at radius 1 is 1.27 bits per heavy atom. The number of thiophene rings is 1. The normalized spacial score (nSPS) is 13.6. The van der Waals surface area contributed by atoms with Crippen LogP contribution in [0.3, 0.4) is 0 Å². The molecular weight excluding hydrogens is 216 g/mol. The topological polar surface area (TPSA) is 26.0 Å². The minimum absolute atomic E-state index is 0.277. The SMILES string of the molecule is N[C@@H](CC(F)F)c1csc2ccccc12. The van der Waals surface area contributed by atoms with Gasteiger partial charge >= 0.3 is 0 Å². The first-order chi connectivity index (χ1) is 7.18. The highest BCUT2D eigenvalue weighted by molar-refractivity contribution is 7.17. The molecule has 0 unspecified atom stereocenters. The van der Waals surface area contributed by atoms with E-state index in [1.165, 1.54) is 0 Å². The molecule has 4 heteroatoms. The Morgan fingerprint density at radius 3 is 2.73 bits per heavy atom. The van der Waals surface area contributed by atoms with Crippen LogP contribution in [0, 0.1) is 0 Å². The lowest BCUT2D eigenvalue weighted by Gasteiger charge is -2.09. The molecule has 0 aliphatic rings. The molecule has 0 aliphatic heterocycles. The number of hydrogen-bond donors (Lipinski definition) is 1. The summed E-state index contributed by atoms with van der Waals surface area (Å²) in [7, 11) is 0. The summed E-state index contributed by atoms with van der Waals surface area (Å²) in [5.41, 5.74) is 6.56. The maximum atomic E-state index is 12.2. The van der Waals surface area contributed by atoms with Gasteiger partial charge in [-0.15, -0.1) is 11.3 Å². The molecule has 0 fully saturated rings. The van der Waals surface area contributed by atoms with E-state index in [4.69, 9.17) is 5.73 Å². The molecule has 0 radical (unpaired) electrons. The van der Waals surface area contributed by atoms with Crippen molar-refractivity contribution in [3.05, 3.63) is 35.2 Å². The number of alkyl halides is 2. The lowest BCUT2D eigenvalue weighted by atomic mass is 10.0. The fraction of sp³-hybridized carbons (Fsp3) is 0.273. The summed E-state index contributed by atoms with van der Waals surface area (Å²) in [4.78, 5) is 0. The van der Waals surface area contributed by atoms with Crippen molar-refractivity contribution in [3.8, 4) is 0 Å². The van der Waals surface area contributed by atoms with Gasteiger partial charge in [0.1, 0.15) is 0 Å². The second-order valence-electron chi connectivity index (χ2n) is 3.42. The number of rotatable bonds is 3. The van der Waals surface area contributed by atoms with Crippen molar-refractivity contribution in [3.63, 3.8) is 0 Å². The summed E-state index contributed by atoms with van der Waals surface area (Å²) in [6.07, 6.45) is -2.63. The zero-order valence-electron chi connectivity index (χ0n) is 7.99. The summed E-state index contributed by atoms with van der Waals surface area (Å²) >= 11 is 1.54. The highest BCUT2D eigenvalue weighted by Crippen LogP contribution is 2.31. The maximum absolute atomic E-state index is 12.2. The first kappa shape index (κ1) is 10.5. The standard InChI is InChI=1S/C11H11F2NS/c12-11(13)5-9(14)8-6-15-10-4-2-1-3-7(8)10/h1-4,6,9,11H,5,14H2/t9-/m0/s1. The first-order valence-electron chi connectivity index (χ1n) is 4.68. The Morgan fingerprint density at radius 2 is 2.00 bits per heavy atom. The van der Waals surface area contributed by atoms with Crippen LogP contribution in [0.4, 0.5) is 8.78 Å². The second-order valence-corrected chi connectivity index (χ2v) is 4.33. The first-order valence-corrected chi connectivity index (χ1v) is 5.56. The van der Waals surface area contributed by atoms with Gasteiger partial charge in [0.15, 0.2) is 0 Å². The van der Waals surface area contributed by atoms with Crippen LogP contribution in [-0.2, 0) is 0 Å². The Labute approximate surface area is 90.5 Å². The van der Waals surface area contributed by atoms with Crippen molar-refractivity contribution < 1.29 is 8.78 Å². The molecular formula is C11H11F2NS. The number of halogens is 2. The summed E-state index contributed by atoms with van der Waals surface area (Å²) in [5, 5.41) is 2.87. The van der Waals surface area contributed by atoms with Crippen LogP contribution in [0.2, 0.25) is 0 Å². The fourth-order valence-corrected chi connectivity index (χ4v) is 2.63. The summed E-state index contributed by atoms with van der Waals surface area (Å²) in [6.45, 7) is 0. The minimum atomic E-state index is -2.35. The quantitative estimate of drug-likeness (QED) is 0.852. The van der Waals surface area contributed by atoms with E-state index < -0.39 is 12.5 Å². The molecule has 1 atom stereocenters. The van der Waals surface area contributed by atoms with Gasteiger partial charge in [0.25, 0.3) is 0 Å². The molecule has 0 aliphatic carbocycles. The van der Waals surface area contributed by atoms with Crippen LogP contribution in [0.5, 0.6) is 0 Å². The second kappa shape index (κ2) is 4.24. The van der Waals surface area contributed by atoms with Gasteiger partial charge in [0.2, 0.25) is 6.43 Å². The maximum Gasteiger partial charge on any atom is 0.240 e. The van der Waals surface area contributed by atoms with Crippen molar-refractivity contribution in [1.29, 1.82) is 0 Å². The molecule has 1 aromatic carbocycles. The van der Waals surface area contributed by atoms with Crippen LogP contribution >= 0.6 is 11.3 Å². The van der Waals surface area contributed by atoms with Gasteiger partial charge in [-0.2, -0.15) is 0 Å². The third-order valence-electron chi connectivity index (χ3n) is 2.34. The lowest BCUT2D eigenvalue weighted by molar-refractivity contribution is 0.128. The zero-order chi connectivity index (χ0) is 10.8. The number of hydrogen-bond acceptors (Lipinski definition) is 2. The third-order valence-corrected chi connectivity index (χ3v) is 3.32. The van der Waals surface area contributed by atoms with E-state index in [1.54, 1.807) is 11.3 Å². The van der Waals surface area contributed by atoms with Crippen molar-refractivity contribution in [1.82, 2.24) is 0 Å². The van der Waals surface area contributed by atoms with Gasteiger partial charge in [-0.25, -0.2) is 8.78 Å². The van der Waals surface area contributed by atoms with E-state index in [1.807, 2.05) is 29.6 Å². The van der Waals surface area contributed by atoms with Crippen LogP contribution in [0.15, 0.2) is 29.6 Å². The van der Waals surface area contributed by atoms with Gasteiger partial charge in [0.05, 0.1) is 0 Å². The van der Waals surface area contributed by atoms with Crippen LogP contribution in [0.1, 0.15) is 18.0 Å². The van der Waals surface area contributed by atoms with Crippen molar-refractivity contribution in [2.75, 3.05) is 0 Å². The highest BCUT2D eigenvalue weighted by Gasteiger charge is 2.16. The molecule has 0 bridgehead atoms. The average Bonchev–Trinajstić information content (AvgIpc) is 2.59. The van der Waals surface area contributed by atoms with Crippen LogP contribution in [0.25, 0.3) is 10.1 Å². The Bertz CT molecular complexity index is 453. The Hall–Kier alpha value is -1.00. The van der Waals surface area contributed by atoms with E-state index in [0.29, 0.717) is 0 Å². The van der Waals surface area contributed by atoms with E-state index >= 15 is 0 Å². The van der Waals surface area contributed by atoms with Gasteiger partial charge < -0.3 is 5.73 Å². The molecule has 2 rings (SSSR count). The summed E-state index contributed by atoms with van der Waals surface area (Å²) in [6, 6.07) is 7.15. The molecule has 0 saturated carbocycles.